The minimum Gasteiger partial charge on any atom is -0.493 e. The summed E-state index contributed by atoms with van der Waals surface area (Å²) in [6, 6.07) is 7.49. The number of hydrogen-bond acceptors (Lipinski definition) is 4. The van der Waals surface area contributed by atoms with Crippen molar-refractivity contribution in [3.05, 3.63) is 41.2 Å². The lowest BCUT2D eigenvalue weighted by Gasteiger charge is -2.13. The van der Waals surface area contributed by atoms with E-state index >= 15 is 0 Å². The Kier molecular flexibility index (Phi) is 5.06. The van der Waals surface area contributed by atoms with Crippen LogP contribution in [0, 0.1) is 5.92 Å². The van der Waals surface area contributed by atoms with E-state index in [1.807, 2.05) is 24.3 Å². The fourth-order valence-corrected chi connectivity index (χ4v) is 2.74. The predicted octanol–water partition coefficient (Wildman–Crippen LogP) is 2.52. The van der Waals surface area contributed by atoms with Gasteiger partial charge in [0, 0.05) is 36.5 Å². The van der Waals surface area contributed by atoms with Gasteiger partial charge in [-0.25, -0.2) is 0 Å². The summed E-state index contributed by atoms with van der Waals surface area (Å²) in [5.74, 6) is 1.39. The molecule has 128 valence electrons. The Labute approximate surface area is 146 Å². The van der Waals surface area contributed by atoms with Crippen LogP contribution in [0.4, 0.5) is 5.69 Å². The highest BCUT2D eigenvalue weighted by Gasteiger charge is 2.22. The van der Waals surface area contributed by atoms with Crippen LogP contribution in [0.25, 0.3) is 0 Å². The molecule has 0 spiro atoms. The van der Waals surface area contributed by atoms with E-state index in [0.29, 0.717) is 12.2 Å². The second-order valence-corrected chi connectivity index (χ2v) is 6.19. The molecule has 2 aromatic rings. The smallest absolute Gasteiger partial charge is 0.276 e. The maximum Gasteiger partial charge on any atom is 0.276 e. The third-order valence-electron chi connectivity index (χ3n) is 4.32. The van der Waals surface area contributed by atoms with Crippen molar-refractivity contribution in [2.45, 2.75) is 25.8 Å². The Morgan fingerprint density at radius 2 is 2.08 bits per heavy atom. The maximum atomic E-state index is 12.4. The molecule has 1 aromatic carbocycles. The molecule has 2 heterocycles. The number of rotatable bonds is 5. The standard InChI is InChI=1S/C17H20N4O2.ClH/c22-17(16-14-9-18-8-7-15(14)20-21-16)19-12-3-5-13(6-4-12)23-10-11-1-2-11;/h3-6,11,18H,1-2,7-10H2,(H,19,22)(H,20,21);1H. The number of anilines is 1. The van der Waals surface area contributed by atoms with Crippen LogP contribution in [-0.4, -0.2) is 29.3 Å². The molecule has 0 radical (unpaired) electrons. The van der Waals surface area contributed by atoms with Crippen molar-refractivity contribution < 1.29 is 9.53 Å². The quantitative estimate of drug-likeness (QED) is 0.775. The van der Waals surface area contributed by atoms with E-state index in [0.717, 1.165) is 48.2 Å². The summed E-state index contributed by atoms with van der Waals surface area (Å²) in [5, 5.41) is 13.3. The average Bonchev–Trinajstić information content (AvgIpc) is 3.31. The minimum atomic E-state index is -0.183. The molecule has 1 aliphatic heterocycles. The molecule has 0 atom stereocenters. The fraction of sp³-hybridized carbons (Fsp3) is 0.412. The third kappa shape index (κ3) is 3.71. The van der Waals surface area contributed by atoms with Crippen LogP contribution >= 0.6 is 12.4 Å². The second-order valence-electron chi connectivity index (χ2n) is 6.19. The Bertz CT molecular complexity index is 710. The highest BCUT2D eigenvalue weighted by atomic mass is 35.5. The molecule has 3 N–H and O–H groups in total. The van der Waals surface area contributed by atoms with Gasteiger partial charge in [-0.05, 0) is 43.0 Å². The fourth-order valence-electron chi connectivity index (χ4n) is 2.74. The van der Waals surface area contributed by atoms with Crippen LogP contribution in [0.2, 0.25) is 0 Å². The molecule has 1 amide bonds. The summed E-state index contributed by atoms with van der Waals surface area (Å²) in [6.07, 6.45) is 3.43. The summed E-state index contributed by atoms with van der Waals surface area (Å²) in [7, 11) is 0. The van der Waals surface area contributed by atoms with E-state index < -0.39 is 0 Å². The number of hydrogen-bond donors (Lipinski definition) is 3. The minimum absolute atomic E-state index is 0. The van der Waals surface area contributed by atoms with E-state index in [-0.39, 0.29) is 18.3 Å². The first-order chi connectivity index (χ1) is 11.3. The maximum absolute atomic E-state index is 12.4. The first-order valence-electron chi connectivity index (χ1n) is 8.10. The first-order valence-corrected chi connectivity index (χ1v) is 8.10. The zero-order valence-electron chi connectivity index (χ0n) is 13.3. The van der Waals surface area contributed by atoms with Gasteiger partial charge in [-0.2, -0.15) is 5.10 Å². The highest BCUT2D eigenvalue weighted by Crippen LogP contribution is 2.29. The zero-order chi connectivity index (χ0) is 15.6. The number of nitrogens with one attached hydrogen (secondary N) is 3. The number of carbonyl (C=O) groups excluding carboxylic acids is 1. The summed E-state index contributed by atoms with van der Waals surface area (Å²) in [4.78, 5) is 12.4. The lowest BCUT2D eigenvalue weighted by Crippen LogP contribution is -2.25. The number of benzene rings is 1. The van der Waals surface area contributed by atoms with Gasteiger partial charge in [0.25, 0.3) is 5.91 Å². The lowest BCUT2D eigenvalue weighted by molar-refractivity contribution is 0.102. The van der Waals surface area contributed by atoms with Gasteiger partial charge in [0.05, 0.1) is 6.61 Å². The number of H-pyrrole nitrogens is 1. The summed E-state index contributed by atoms with van der Waals surface area (Å²) < 4.78 is 5.70. The number of nitrogens with zero attached hydrogens (tertiary/aromatic N) is 1. The van der Waals surface area contributed by atoms with E-state index in [1.165, 1.54) is 12.8 Å². The van der Waals surface area contributed by atoms with E-state index in [4.69, 9.17) is 4.74 Å². The average molecular weight is 349 g/mol. The zero-order valence-corrected chi connectivity index (χ0v) is 14.1. The Balaban J connectivity index is 0.00000169. The van der Waals surface area contributed by atoms with Crippen molar-refractivity contribution in [3.8, 4) is 5.75 Å². The molecular formula is C17H21ClN4O2. The SMILES string of the molecule is Cl.O=C(Nc1ccc(OCC2CC2)cc1)c1n[nH]c2c1CNCC2. The molecule has 6 nitrogen and oxygen atoms in total. The van der Waals surface area contributed by atoms with E-state index in [2.05, 4.69) is 20.8 Å². The Hall–Kier alpha value is -2.05. The van der Waals surface area contributed by atoms with Crippen molar-refractivity contribution in [1.29, 1.82) is 0 Å². The van der Waals surface area contributed by atoms with Crippen molar-refractivity contribution in [3.63, 3.8) is 0 Å². The van der Waals surface area contributed by atoms with E-state index in [1.54, 1.807) is 0 Å². The number of aromatic nitrogens is 2. The molecule has 1 saturated carbocycles. The second kappa shape index (κ2) is 7.23. The van der Waals surface area contributed by atoms with Crippen LogP contribution < -0.4 is 15.4 Å². The summed E-state index contributed by atoms with van der Waals surface area (Å²) >= 11 is 0. The monoisotopic (exact) mass is 348 g/mol. The third-order valence-corrected chi connectivity index (χ3v) is 4.32. The van der Waals surface area contributed by atoms with Gasteiger partial charge in [0.2, 0.25) is 0 Å². The molecule has 4 rings (SSSR count). The molecule has 1 aromatic heterocycles. The first kappa shape index (κ1) is 16.8. The Morgan fingerprint density at radius 3 is 2.83 bits per heavy atom. The topological polar surface area (TPSA) is 79.0 Å². The van der Waals surface area contributed by atoms with Gasteiger partial charge in [-0.3, -0.25) is 9.89 Å². The molecule has 0 saturated heterocycles. The van der Waals surface area contributed by atoms with Crippen molar-refractivity contribution in [2.24, 2.45) is 5.92 Å². The van der Waals surface area contributed by atoms with Crippen LogP contribution in [0.5, 0.6) is 5.75 Å². The number of amides is 1. The van der Waals surface area contributed by atoms with Crippen molar-refractivity contribution >= 4 is 24.0 Å². The molecular weight excluding hydrogens is 328 g/mol. The molecule has 0 bridgehead atoms. The van der Waals surface area contributed by atoms with Crippen molar-refractivity contribution in [2.75, 3.05) is 18.5 Å². The normalized spacial score (nSPS) is 16.0. The summed E-state index contributed by atoms with van der Waals surface area (Å²) in [5.41, 5.74) is 3.24. The highest BCUT2D eigenvalue weighted by molar-refractivity contribution is 6.04. The van der Waals surface area contributed by atoms with Gasteiger partial charge in [-0.1, -0.05) is 0 Å². The predicted molar refractivity (Wildman–Crippen MR) is 93.9 cm³/mol. The molecule has 0 unspecified atom stereocenters. The van der Waals surface area contributed by atoms with E-state index in [9.17, 15) is 4.79 Å². The number of ether oxygens (including phenoxy) is 1. The number of halogens is 1. The molecule has 24 heavy (non-hydrogen) atoms. The van der Waals surface area contributed by atoms with Gasteiger partial charge in [-0.15, -0.1) is 12.4 Å². The largest absolute Gasteiger partial charge is 0.493 e. The number of fused-ring (bicyclic) bond motifs is 1. The van der Waals surface area contributed by atoms with Crippen LogP contribution in [0.1, 0.15) is 34.6 Å². The van der Waals surface area contributed by atoms with Gasteiger partial charge in [0.15, 0.2) is 5.69 Å². The molecule has 1 fully saturated rings. The number of aromatic amines is 1. The lowest BCUT2D eigenvalue weighted by atomic mass is 10.1. The van der Waals surface area contributed by atoms with Gasteiger partial charge < -0.3 is 15.4 Å². The van der Waals surface area contributed by atoms with Crippen molar-refractivity contribution in [1.82, 2.24) is 15.5 Å². The Morgan fingerprint density at radius 1 is 1.29 bits per heavy atom. The van der Waals surface area contributed by atoms with Crippen LogP contribution in [0.3, 0.4) is 0 Å². The van der Waals surface area contributed by atoms with Crippen LogP contribution in [-0.2, 0) is 13.0 Å². The molecule has 2 aliphatic rings. The summed E-state index contributed by atoms with van der Waals surface area (Å²) in [6.45, 7) is 2.39. The molecule has 7 heteroatoms. The van der Waals surface area contributed by atoms with Gasteiger partial charge in [0.1, 0.15) is 5.75 Å². The molecule has 1 aliphatic carbocycles. The number of carbonyl (C=O) groups is 1. The van der Waals surface area contributed by atoms with Crippen LogP contribution in [0.15, 0.2) is 24.3 Å². The van der Waals surface area contributed by atoms with Gasteiger partial charge >= 0.3 is 0 Å².